The van der Waals surface area contributed by atoms with Gasteiger partial charge in [0.2, 0.25) is 0 Å². The van der Waals surface area contributed by atoms with Crippen molar-refractivity contribution in [3.05, 3.63) is 11.9 Å². The summed E-state index contributed by atoms with van der Waals surface area (Å²) in [6, 6.07) is 2.01. The molecule has 0 saturated carbocycles. The zero-order chi connectivity index (χ0) is 12.8. The van der Waals surface area contributed by atoms with Crippen LogP contribution in [-0.2, 0) is 11.3 Å². The maximum atomic E-state index is 5.12. The highest BCUT2D eigenvalue weighted by molar-refractivity contribution is 5.49. The average Bonchev–Trinajstić information content (AvgIpc) is 2.40. The Kier molecular flexibility index (Phi) is 4.72. The van der Waals surface area contributed by atoms with Crippen LogP contribution < -0.4 is 15.5 Å². The predicted molar refractivity (Wildman–Crippen MR) is 72.0 cm³/mol. The number of aromatic nitrogens is 2. The van der Waals surface area contributed by atoms with Crippen LogP contribution in [0.5, 0.6) is 0 Å². The monoisotopic (exact) mass is 251 g/mol. The van der Waals surface area contributed by atoms with Crippen LogP contribution >= 0.6 is 0 Å². The lowest BCUT2D eigenvalue weighted by molar-refractivity contribution is 0.178. The summed E-state index contributed by atoms with van der Waals surface area (Å²) in [6.45, 7) is 7.32. The summed E-state index contributed by atoms with van der Waals surface area (Å²) in [7, 11) is 1.66. The number of piperazine rings is 1. The number of nitrogens with zero attached hydrogens (tertiary/aromatic N) is 3. The molecule has 0 amide bonds. The van der Waals surface area contributed by atoms with Crippen molar-refractivity contribution in [1.29, 1.82) is 0 Å². The molecule has 18 heavy (non-hydrogen) atoms. The van der Waals surface area contributed by atoms with E-state index in [1.165, 1.54) is 0 Å². The smallest absolute Gasteiger partial charge is 0.158 e. The second-order valence-corrected chi connectivity index (χ2v) is 4.23. The van der Waals surface area contributed by atoms with Crippen molar-refractivity contribution >= 4 is 11.6 Å². The van der Waals surface area contributed by atoms with Crippen LogP contribution in [0.25, 0.3) is 0 Å². The van der Waals surface area contributed by atoms with Gasteiger partial charge in [-0.1, -0.05) is 0 Å². The molecule has 0 unspecified atom stereocenters. The van der Waals surface area contributed by atoms with E-state index < -0.39 is 0 Å². The number of methoxy groups -OCH3 is 1. The van der Waals surface area contributed by atoms with Crippen LogP contribution in [0.4, 0.5) is 11.6 Å². The molecule has 0 aliphatic carbocycles. The van der Waals surface area contributed by atoms with Gasteiger partial charge in [-0.2, -0.15) is 0 Å². The van der Waals surface area contributed by atoms with Crippen molar-refractivity contribution in [2.75, 3.05) is 50.1 Å². The highest BCUT2D eigenvalue weighted by atomic mass is 16.5. The highest BCUT2D eigenvalue weighted by Crippen LogP contribution is 2.16. The number of rotatable bonds is 5. The lowest BCUT2D eigenvalue weighted by Crippen LogP contribution is -2.44. The number of anilines is 2. The van der Waals surface area contributed by atoms with Crippen molar-refractivity contribution in [1.82, 2.24) is 15.3 Å². The van der Waals surface area contributed by atoms with Crippen LogP contribution in [0.1, 0.15) is 12.7 Å². The fraction of sp³-hybridized carbons (Fsp3) is 0.667. The molecule has 1 aromatic rings. The minimum atomic E-state index is 0.443. The summed E-state index contributed by atoms with van der Waals surface area (Å²) in [5, 5.41) is 6.58. The standard InChI is InChI=1S/C12H21N5O/c1-3-14-10-8-12(16-11(15-10)9-18-2)17-6-4-13-5-7-17/h8,13H,3-7,9H2,1-2H3,(H,14,15,16). The third kappa shape index (κ3) is 3.30. The molecule has 1 fully saturated rings. The normalized spacial score (nSPS) is 15.8. The summed E-state index contributed by atoms with van der Waals surface area (Å²) in [5.41, 5.74) is 0. The fourth-order valence-electron chi connectivity index (χ4n) is 2.00. The van der Waals surface area contributed by atoms with Crippen molar-refractivity contribution in [2.45, 2.75) is 13.5 Å². The Balaban J connectivity index is 2.20. The fourth-order valence-corrected chi connectivity index (χ4v) is 2.00. The van der Waals surface area contributed by atoms with E-state index in [0.717, 1.165) is 50.2 Å². The second-order valence-electron chi connectivity index (χ2n) is 4.23. The van der Waals surface area contributed by atoms with Gasteiger partial charge in [0.1, 0.15) is 18.2 Å². The minimum Gasteiger partial charge on any atom is -0.377 e. The largest absolute Gasteiger partial charge is 0.377 e. The molecule has 6 heteroatoms. The Morgan fingerprint density at radius 2 is 2.17 bits per heavy atom. The van der Waals surface area contributed by atoms with E-state index in [1.54, 1.807) is 7.11 Å². The SMILES string of the molecule is CCNc1cc(N2CCNCC2)nc(COC)n1. The predicted octanol–water partition coefficient (Wildman–Crippen LogP) is 0.464. The Morgan fingerprint density at radius 1 is 1.39 bits per heavy atom. The van der Waals surface area contributed by atoms with Crippen LogP contribution in [0.3, 0.4) is 0 Å². The molecule has 2 heterocycles. The van der Waals surface area contributed by atoms with Gasteiger partial charge in [-0.05, 0) is 6.92 Å². The summed E-state index contributed by atoms with van der Waals surface area (Å²) >= 11 is 0. The van der Waals surface area contributed by atoms with Gasteiger partial charge in [0.15, 0.2) is 5.82 Å². The van der Waals surface area contributed by atoms with E-state index in [1.807, 2.05) is 6.07 Å². The highest BCUT2D eigenvalue weighted by Gasteiger charge is 2.14. The van der Waals surface area contributed by atoms with E-state index in [2.05, 4.69) is 32.4 Å². The lowest BCUT2D eigenvalue weighted by atomic mass is 10.3. The van der Waals surface area contributed by atoms with Gasteiger partial charge in [0.25, 0.3) is 0 Å². The maximum absolute atomic E-state index is 5.12. The minimum absolute atomic E-state index is 0.443. The zero-order valence-corrected chi connectivity index (χ0v) is 11.1. The number of hydrogen-bond acceptors (Lipinski definition) is 6. The molecule has 1 aromatic heterocycles. The first-order chi connectivity index (χ1) is 8.83. The quantitative estimate of drug-likeness (QED) is 0.793. The van der Waals surface area contributed by atoms with Gasteiger partial charge in [0, 0.05) is 45.9 Å². The van der Waals surface area contributed by atoms with E-state index in [9.17, 15) is 0 Å². The molecule has 100 valence electrons. The first-order valence-electron chi connectivity index (χ1n) is 6.40. The first-order valence-corrected chi connectivity index (χ1v) is 6.40. The summed E-state index contributed by atoms with van der Waals surface area (Å²) in [5.74, 6) is 2.58. The zero-order valence-electron chi connectivity index (χ0n) is 11.1. The summed E-state index contributed by atoms with van der Waals surface area (Å²) < 4.78 is 5.12. The Labute approximate surface area is 108 Å². The van der Waals surface area contributed by atoms with Crippen LogP contribution in [0.2, 0.25) is 0 Å². The third-order valence-corrected chi connectivity index (χ3v) is 2.83. The van der Waals surface area contributed by atoms with Gasteiger partial charge in [0.05, 0.1) is 0 Å². The van der Waals surface area contributed by atoms with E-state index >= 15 is 0 Å². The third-order valence-electron chi connectivity index (χ3n) is 2.83. The summed E-state index contributed by atoms with van der Waals surface area (Å²) in [4.78, 5) is 11.2. The van der Waals surface area contributed by atoms with Crippen LogP contribution in [0, 0.1) is 0 Å². The number of nitrogens with one attached hydrogen (secondary N) is 2. The Morgan fingerprint density at radius 3 is 2.83 bits per heavy atom. The number of hydrogen-bond donors (Lipinski definition) is 2. The van der Waals surface area contributed by atoms with Crippen molar-refractivity contribution in [3.8, 4) is 0 Å². The Hall–Kier alpha value is -1.40. The first kappa shape index (κ1) is 13.0. The second kappa shape index (κ2) is 6.51. The average molecular weight is 251 g/mol. The van der Waals surface area contributed by atoms with Gasteiger partial charge >= 0.3 is 0 Å². The maximum Gasteiger partial charge on any atom is 0.158 e. The lowest BCUT2D eigenvalue weighted by Gasteiger charge is -2.28. The van der Waals surface area contributed by atoms with Crippen molar-refractivity contribution in [3.63, 3.8) is 0 Å². The van der Waals surface area contributed by atoms with Crippen LogP contribution in [0.15, 0.2) is 6.07 Å². The van der Waals surface area contributed by atoms with E-state index in [4.69, 9.17) is 4.74 Å². The molecule has 0 radical (unpaired) electrons. The molecule has 1 aliphatic heterocycles. The van der Waals surface area contributed by atoms with Crippen LogP contribution in [-0.4, -0.2) is 49.8 Å². The molecule has 1 saturated heterocycles. The molecule has 2 rings (SSSR count). The molecule has 0 aromatic carbocycles. The van der Waals surface area contributed by atoms with Crippen molar-refractivity contribution < 1.29 is 4.74 Å². The number of ether oxygens (including phenoxy) is 1. The molecule has 1 aliphatic rings. The molecule has 0 spiro atoms. The molecule has 0 bridgehead atoms. The molecule has 6 nitrogen and oxygen atoms in total. The molecule has 2 N–H and O–H groups in total. The molecular weight excluding hydrogens is 230 g/mol. The molecule has 0 atom stereocenters. The Bertz CT molecular complexity index is 354. The van der Waals surface area contributed by atoms with E-state index in [-0.39, 0.29) is 0 Å². The van der Waals surface area contributed by atoms with Gasteiger partial charge in [-0.15, -0.1) is 0 Å². The van der Waals surface area contributed by atoms with Gasteiger partial charge in [-0.25, -0.2) is 9.97 Å². The van der Waals surface area contributed by atoms with Crippen molar-refractivity contribution in [2.24, 2.45) is 0 Å². The summed E-state index contributed by atoms with van der Waals surface area (Å²) in [6.07, 6.45) is 0. The molecular formula is C12H21N5O. The van der Waals surface area contributed by atoms with Gasteiger partial charge in [-0.3, -0.25) is 0 Å². The van der Waals surface area contributed by atoms with E-state index in [0.29, 0.717) is 6.61 Å². The van der Waals surface area contributed by atoms with Gasteiger partial charge < -0.3 is 20.3 Å². The topological polar surface area (TPSA) is 62.3 Å².